The van der Waals surface area contributed by atoms with Gasteiger partial charge in [0.15, 0.2) is 0 Å². The van der Waals surface area contributed by atoms with Gasteiger partial charge in [0.1, 0.15) is 11.5 Å². The molecule has 25 heavy (non-hydrogen) atoms. The second-order valence-electron chi connectivity index (χ2n) is 6.25. The molecule has 132 valence electrons. The summed E-state index contributed by atoms with van der Waals surface area (Å²) in [5, 5.41) is 6.97. The van der Waals surface area contributed by atoms with Crippen LogP contribution in [-0.4, -0.2) is 46.3 Å². The molecule has 2 aromatic rings. The van der Waals surface area contributed by atoms with Gasteiger partial charge < -0.3 is 5.32 Å². The van der Waals surface area contributed by atoms with E-state index in [1.54, 1.807) is 0 Å². The van der Waals surface area contributed by atoms with E-state index in [9.17, 15) is 14.0 Å². The first-order chi connectivity index (χ1) is 12.0. The highest BCUT2D eigenvalue weighted by molar-refractivity contribution is 5.92. The Morgan fingerprint density at radius 3 is 2.56 bits per heavy atom. The van der Waals surface area contributed by atoms with E-state index in [1.807, 2.05) is 0 Å². The number of likely N-dealkylation sites (tertiary alicyclic amines) is 1. The van der Waals surface area contributed by atoms with Crippen LogP contribution in [0.3, 0.4) is 0 Å². The van der Waals surface area contributed by atoms with Crippen LogP contribution in [0.25, 0.3) is 5.69 Å². The average Bonchev–Trinajstić information content (AvgIpc) is 3.15. The maximum atomic E-state index is 13.0. The molecule has 3 rings (SSSR count). The zero-order valence-corrected chi connectivity index (χ0v) is 14.1. The van der Waals surface area contributed by atoms with Crippen LogP contribution in [0.5, 0.6) is 0 Å². The summed E-state index contributed by atoms with van der Waals surface area (Å²) in [4.78, 5) is 26.7. The number of rotatable bonds is 5. The zero-order chi connectivity index (χ0) is 17.8. The fraction of sp³-hybridized carbons (Fsp3) is 0.389. The molecule has 0 bridgehead atoms. The van der Waals surface area contributed by atoms with Crippen LogP contribution < -0.4 is 10.9 Å². The van der Waals surface area contributed by atoms with Crippen molar-refractivity contribution in [1.29, 1.82) is 0 Å². The Hall–Kier alpha value is -2.54. The van der Waals surface area contributed by atoms with Crippen LogP contribution in [0.1, 0.15) is 30.3 Å². The highest BCUT2D eigenvalue weighted by atomic mass is 19.1. The summed E-state index contributed by atoms with van der Waals surface area (Å²) in [7, 11) is 0. The minimum atomic E-state index is -0.401. The summed E-state index contributed by atoms with van der Waals surface area (Å²) in [5.41, 5.74) is 0.178. The summed E-state index contributed by atoms with van der Waals surface area (Å²) in [6.07, 6.45) is 2.39. The minimum Gasteiger partial charge on any atom is -0.349 e. The molecule has 7 heteroatoms. The lowest BCUT2D eigenvalue weighted by Gasteiger charge is -2.23. The minimum absolute atomic E-state index is 0.151. The molecule has 0 aliphatic carbocycles. The predicted molar refractivity (Wildman–Crippen MR) is 92.4 cm³/mol. The van der Waals surface area contributed by atoms with E-state index in [1.165, 1.54) is 49.2 Å². The quantitative estimate of drug-likeness (QED) is 0.894. The SMILES string of the molecule is C[C@@H](CNC(=O)c1ccc(=O)n(-c2ccc(F)cc2)n1)N1CCCC1. The summed E-state index contributed by atoms with van der Waals surface area (Å²) in [5.74, 6) is -0.733. The maximum Gasteiger partial charge on any atom is 0.271 e. The van der Waals surface area contributed by atoms with Gasteiger partial charge in [-0.3, -0.25) is 14.5 Å². The fourth-order valence-electron chi connectivity index (χ4n) is 2.94. The van der Waals surface area contributed by atoms with Crippen molar-refractivity contribution in [3.63, 3.8) is 0 Å². The van der Waals surface area contributed by atoms with Crippen LogP contribution in [0.15, 0.2) is 41.2 Å². The van der Waals surface area contributed by atoms with Crippen LogP contribution in [0.4, 0.5) is 4.39 Å². The highest BCUT2D eigenvalue weighted by Gasteiger charge is 2.19. The number of amides is 1. The Bertz CT molecular complexity index is 797. The molecule has 1 aliphatic heterocycles. The van der Waals surface area contributed by atoms with E-state index in [0.29, 0.717) is 12.2 Å². The lowest BCUT2D eigenvalue weighted by Crippen LogP contribution is -2.41. The van der Waals surface area contributed by atoms with Crippen molar-refractivity contribution >= 4 is 5.91 Å². The number of hydrogen-bond acceptors (Lipinski definition) is 4. The number of carbonyl (C=O) groups excluding carboxylic acids is 1. The van der Waals surface area contributed by atoms with E-state index >= 15 is 0 Å². The standard InChI is InChI=1S/C18H21FN4O2/c1-13(22-10-2-3-11-22)12-20-18(25)16-8-9-17(24)23(21-16)15-6-4-14(19)5-7-15/h4-9,13H,2-3,10-12H2,1H3,(H,20,25)/t13-/m0/s1. The van der Waals surface area contributed by atoms with Gasteiger partial charge in [0.05, 0.1) is 5.69 Å². The Balaban J connectivity index is 1.71. The molecule has 1 N–H and O–H groups in total. The van der Waals surface area contributed by atoms with Crippen molar-refractivity contribution in [3.8, 4) is 5.69 Å². The third-order valence-electron chi connectivity index (χ3n) is 4.43. The maximum absolute atomic E-state index is 13.0. The lowest BCUT2D eigenvalue weighted by atomic mass is 10.2. The first kappa shape index (κ1) is 17.3. The number of benzene rings is 1. The first-order valence-corrected chi connectivity index (χ1v) is 8.43. The Morgan fingerprint density at radius 1 is 1.20 bits per heavy atom. The van der Waals surface area contributed by atoms with Crippen molar-refractivity contribution in [3.05, 3.63) is 58.3 Å². The monoisotopic (exact) mass is 344 g/mol. The van der Waals surface area contributed by atoms with Crippen LogP contribution in [-0.2, 0) is 0 Å². The van der Waals surface area contributed by atoms with Crippen LogP contribution in [0.2, 0.25) is 0 Å². The molecule has 1 atom stereocenters. The molecule has 1 aromatic carbocycles. The van der Waals surface area contributed by atoms with Gasteiger partial charge in [-0.2, -0.15) is 9.78 Å². The molecule has 0 spiro atoms. The van der Waals surface area contributed by atoms with Crippen molar-refractivity contribution in [2.75, 3.05) is 19.6 Å². The Kier molecular flexibility index (Phi) is 5.23. The van der Waals surface area contributed by atoms with Gasteiger partial charge in [0, 0.05) is 18.7 Å². The van der Waals surface area contributed by atoms with Crippen molar-refractivity contribution in [2.45, 2.75) is 25.8 Å². The highest BCUT2D eigenvalue weighted by Crippen LogP contribution is 2.11. The fourth-order valence-corrected chi connectivity index (χ4v) is 2.94. The van der Waals surface area contributed by atoms with E-state index in [2.05, 4.69) is 22.2 Å². The molecular formula is C18H21FN4O2. The molecule has 0 radical (unpaired) electrons. The molecule has 1 aliphatic rings. The molecule has 0 saturated carbocycles. The number of aromatic nitrogens is 2. The third kappa shape index (κ3) is 4.11. The van der Waals surface area contributed by atoms with E-state index in [0.717, 1.165) is 17.8 Å². The van der Waals surface area contributed by atoms with Crippen molar-refractivity contribution in [1.82, 2.24) is 20.0 Å². The van der Waals surface area contributed by atoms with Gasteiger partial charge >= 0.3 is 0 Å². The second kappa shape index (κ2) is 7.57. The predicted octanol–water partition coefficient (Wildman–Crippen LogP) is 1.59. The lowest BCUT2D eigenvalue weighted by molar-refractivity contribution is 0.0933. The third-order valence-corrected chi connectivity index (χ3v) is 4.43. The van der Waals surface area contributed by atoms with E-state index in [-0.39, 0.29) is 23.2 Å². The van der Waals surface area contributed by atoms with Crippen LogP contribution in [0, 0.1) is 5.82 Å². The average molecular weight is 344 g/mol. The topological polar surface area (TPSA) is 67.2 Å². The van der Waals surface area contributed by atoms with Gasteiger partial charge in [-0.05, 0) is 63.2 Å². The normalized spacial score (nSPS) is 15.9. The molecule has 1 saturated heterocycles. The van der Waals surface area contributed by atoms with Gasteiger partial charge in [-0.1, -0.05) is 0 Å². The number of nitrogens with zero attached hydrogens (tertiary/aromatic N) is 3. The smallest absolute Gasteiger partial charge is 0.271 e. The van der Waals surface area contributed by atoms with Crippen molar-refractivity contribution < 1.29 is 9.18 Å². The molecule has 1 aromatic heterocycles. The van der Waals surface area contributed by atoms with Gasteiger partial charge in [0.2, 0.25) is 0 Å². The van der Waals surface area contributed by atoms with E-state index in [4.69, 9.17) is 0 Å². The summed E-state index contributed by atoms with van der Waals surface area (Å²) in [6.45, 7) is 4.73. The summed E-state index contributed by atoms with van der Waals surface area (Å²) < 4.78 is 14.1. The molecule has 6 nitrogen and oxygen atoms in total. The molecule has 2 heterocycles. The Labute approximate surface area is 145 Å². The summed E-state index contributed by atoms with van der Waals surface area (Å²) in [6, 6.07) is 8.33. The van der Waals surface area contributed by atoms with Gasteiger partial charge in [0.25, 0.3) is 11.5 Å². The zero-order valence-electron chi connectivity index (χ0n) is 14.1. The number of nitrogens with one attached hydrogen (secondary N) is 1. The number of carbonyl (C=O) groups is 1. The first-order valence-electron chi connectivity index (χ1n) is 8.43. The van der Waals surface area contributed by atoms with E-state index < -0.39 is 5.82 Å². The molecule has 1 fully saturated rings. The summed E-state index contributed by atoms with van der Waals surface area (Å²) >= 11 is 0. The van der Waals surface area contributed by atoms with Gasteiger partial charge in [-0.15, -0.1) is 0 Å². The van der Waals surface area contributed by atoms with Gasteiger partial charge in [-0.25, -0.2) is 4.39 Å². The second-order valence-corrected chi connectivity index (χ2v) is 6.25. The molecular weight excluding hydrogens is 323 g/mol. The number of halogens is 1. The van der Waals surface area contributed by atoms with Crippen molar-refractivity contribution in [2.24, 2.45) is 0 Å². The largest absolute Gasteiger partial charge is 0.349 e. The Morgan fingerprint density at radius 2 is 1.88 bits per heavy atom. The molecule has 0 unspecified atom stereocenters. The molecule has 1 amide bonds. The number of hydrogen-bond donors (Lipinski definition) is 1. The van der Waals surface area contributed by atoms with Crippen LogP contribution >= 0.6 is 0 Å².